The molecule has 2 aromatic rings. The predicted molar refractivity (Wildman–Crippen MR) is 92.4 cm³/mol. The van der Waals surface area contributed by atoms with Gasteiger partial charge in [-0.05, 0) is 23.8 Å². The minimum absolute atomic E-state index is 0.0914. The normalized spacial score (nSPS) is 13.2. The zero-order chi connectivity index (χ0) is 17.2. The van der Waals surface area contributed by atoms with Gasteiger partial charge in [0.05, 0.1) is 0 Å². The minimum Gasteiger partial charge on any atom is -0.355 e. The summed E-state index contributed by atoms with van der Waals surface area (Å²) in [5, 5.41) is 6.82. The van der Waals surface area contributed by atoms with Gasteiger partial charge >= 0.3 is 0 Å². The number of carbonyl (C=O) groups is 1. The van der Waals surface area contributed by atoms with E-state index in [0.29, 0.717) is 17.4 Å². The molecule has 0 saturated heterocycles. The molecule has 1 N–H and O–H groups in total. The Bertz CT molecular complexity index is 663. The highest BCUT2D eigenvalue weighted by atomic mass is 16.5. The summed E-state index contributed by atoms with van der Waals surface area (Å²) in [7, 11) is 0. The lowest BCUT2D eigenvalue weighted by atomic mass is 9.86. The molecule has 0 saturated carbocycles. The number of benzene rings is 1. The lowest BCUT2D eigenvalue weighted by Crippen LogP contribution is -2.36. The zero-order valence-corrected chi connectivity index (χ0v) is 14.8. The maximum Gasteiger partial charge on any atom is 0.273 e. The SMILES string of the molecule is CC(C)[C@H](C)NC(=O)c1cc(-c2ccc(C(C)(C)C)cc2)on1. The second kappa shape index (κ2) is 6.57. The molecule has 4 nitrogen and oxygen atoms in total. The molecule has 2 rings (SSSR count). The van der Waals surface area contributed by atoms with Crippen molar-refractivity contribution in [3.05, 3.63) is 41.6 Å². The summed E-state index contributed by atoms with van der Waals surface area (Å²) in [4.78, 5) is 12.2. The van der Waals surface area contributed by atoms with Gasteiger partial charge in [0.25, 0.3) is 5.91 Å². The molecule has 4 heteroatoms. The molecule has 1 aromatic heterocycles. The molecule has 0 aliphatic heterocycles. The number of nitrogens with one attached hydrogen (secondary N) is 1. The second-order valence-electron chi connectivity index (χ2n) is 7.41. The van der Waals surface area contributed by atoms with Crippen LogP contribution in [-0.2, 0) is 5.41 Å². The first kappa shape index (κ1) is 17.3. The van der Waals surface area contributed by atoms with Crippen LogP contribution in [-0.4, -0.2) is 17.1 Å². The van der Waals surface area contributed by atoms with Crippen molar-refractivity contribution in [3.8, 4) is 11.3 Å². The fourth-order valence-corrected chi connectivity index (χ4v) is 2.10. The third kappa shape index (κ3) is 4.21. The number of hydrogen-bond acceptors (Lipinski definition) is 3. The summed E-state index contributed by atoms with van der Waals surface area (Å²) in [6.07, 6.45) is 0. The lowest BCUT2D eigenvalue weighted by Gasteiger charge is -2.18. The van der Waals surface area contributed by atoms with E-state index in [0.717, 1.165) is 5.56 Å². The highest BCUT2D eigenvalue weighted by Gasteiger charge is 2.18. The van der Waals surface area contributed by atoms with Gasteiger partial charge in [-0.2, -0.15) is 0 Å². The van der Waals surface area contributed by atoms with Gasteiger partial charge in [-0.15, -0.1) is 0 Å². The van der Waals surface area contributed by atoms with Crippen molar-refractivity contribution in [2.45, 2.75) is 53.0 Å². The molecular weight excluding hydrogens is 288 g/mol. The van der Waals surface area contributed by atoms with Crippen molar-refractivity contribution in [2.24, 2.45) is 5.92 Å². The standard InChI is InChI=1S/C19H26N2O2/c1-12(2)13(3)20-18(22)16-11-17(23-21-16)14-7-9-15(10-8-14)19(4,5)6/h7-13H,1-6H3,(H,20,22)/t13-/m0/s1. The number of hydrogen-bond donors (Lipinski definition) is 1. The van der Waals surface area contributed by atoms with E-state index in [1.54, 1.807) is 6.07 Å². The van der Waals surface area contributed by atoms with Crippen molar-refractivity contribution in [3.63, 3.8) is 0 Å². The third-order valence-electron chi connectivity index (χ3n) is 4.14. The Labute approximate surface area is 138 Å². The van der Waals surface area contributed by atoms with Gasteiger partial charge < -0.3 is 9.84 Å². The van der Waals surface area contributed by atoms with Gasteiger partial charge in [-0.25, -0.2) is 0 Å². The van der Waals surface area contributed by atoms with Crippen LogP contribution in [0.3, 0.4) is 0 Å². The predicted octanol–water partition coefficient (Wildman–Crippen LogP) is 4.41. The Kier molecular flexibility index (Phi) is 4.93. The number of aromatic nitrogens is 1. The molecule has 0 bridgehead atoms. The van der Waals surface area contributed by atoms with Crippen LogP contribution in [0.5, 0.6) is 0 Å². The second-order valence-corrected chi connectivity index (χ2v) is 7.41. The summed E-state index contributed by atoms with van der Waals surface area (Å²) in [6, 6.07) is 9.94. The van der Waals surface area contributed by atoms with Crippen molar-refractivity contribution < 1.29 is 9.32 Å². The van der Waals surface area contributed by atoms with Crippen LogP contribution >= 0.6 is 0 Å². The van der Waals surface area contributed by atoms with E-state index in [4.69, 9.17) is 4.52 Å². The van der Waals surface area contributed by atoms with E-state index in [9.17, 15) is 4.79 Å². The van der Waals surface area contributed by atoms with Crippen LogP contribution < -0.4 is 5.32 Å². The maximum atomic E-state index is 12.2. The number of rotatable bonds is 4. The van der Waals surface area contributed by atoms with E-state index in [1.165, 1.54) is 5.56 Å². The topological polar surface area (TPSA) is 55.1 Å². The van der Waals surface area contributed by atoms with Gasteiger partial charge in [0.1, 0.15) is 0 Å². The Morgan fingerprint density at radius 2 is 1.74 bits per heavy atom. The number of amides is 1. The van der Waals surface area contributed by atoms with E-state index in [2.05, 4.69) is 57.2 Å². The molecule has 0 aliphatic rings. The van der Waals surface area contributed by atoms with Crippen LogP contribution in [0, 0.1) is 5.92 Å². The lowest BCUT2D eigenvalue weighted by molar-refractivity contribution is 0.0921. The summed E-state index contributed by atoms with van der Waals surface area (Å²) in [5.41, 5.74) is 2.59. The first-order chi connectivity index (χ1) is 10.7. The molecule has 1 heterocycles. The Hall–Kier alpha value is -2.10. The fraction of sp³-hybridized carbons (Fsp3) is 0.474. The van der Waals surface area contributed by atoms with E-state index in [-0.39, 0.29) is 17.4 Å². The van der Waals surface area contributed by atoms with Gasteiger partial charge in [-0.3, -0.25) is 4.79 Å². The molecule has 0 unspecified atom stereocenters. The number of nitrogens with zero attached hydrogens (tertiary/aromatic N) is 1. The minimum atomic E-state index is -0.201. The Balaban J connectivity index is 2.14. The van der Waals surface area contributed by atoms with Crippen molar-refractivity contribution >= 4 is 5.91 Å². The Morgan fingerprint density at radius 3 is 2.26 bits per heavy atom. The summed E-state index contributed by atoms with van der Waals surface area (Å²) in [6.45, 7) is 12.6. The van der Waals surface area contributed by atoms with Crippen LogP contribution in [0.1, 0.15) is 57.6 Å². The number of carbonyl (C=O) groups excluding carboxylic acids is 1. The summed E-state index contributed by atoms with van der Waals surface area (Å²) < 4.78 is 5.33. The van der Waals surface area contributed by atoms with E-state index in [1.807, 2.05) is 19.1 Å². The highest BCUT2D eigenvalue weighted by Crippen LogP contribution is 2.26. The maximum absolute atomic E-state index is 12.2. The molecule has 124 valence electrons. The van der Waals surface area contributed by atoms with Crippen LogP contribution in [0.2, 0.25) is 0 Å². The average Bonchev–Trinajstić information content (AvgIpc) is 2.96. The molecule has 0 radical (unpaired) electrons. The molecule has 0 spiro atoms. The average molecular weight is 314 g/mol. The van der Waals surface area contributed by atoms with Gasteiger partial charge in [-0.1, -0.05) is 64.0 Å². The molecule has 0 fully saturated rings. The quantitative estimate of drug-likeness (QED) is 0.909. The van der Waals surface area contributed by atoms with Crippen LogP contribution in [0.4, 0.5) is 0 Å². The van der Waals surface area contributed by atoms with E-state index >= 15 is 0 Å². The highest BCUT2D eigenvalue weighted by molar-refractivity contribution is 5.93. The van der Waals surface area contributed by atoms with Gasteiger partial charge in [0.2, 0.25) is 0 Å². The largest absolute Gasteiger partial charge is 0.355 e. The van der Waals surface area contributed by atoms with Crippen molar-refractivity contribution in [1.82, 2.24) is 10.5 Å². The fourth-order valence-electron chi connectivity index (χ4n) is 2.10. The molecule has 1 atom stereocenters. The van der Waals surface area contributed by atoms with Crippen molar-refractivity contribution in [1.29, 1.82) is 0 Å². The molecular formula is C19H26N2O2. The van der Waals surface area contributed by atoms with Crippen molar-refractivity contribution in [2.75, 3.05) is 0 Å². The monoisotopic (exact) mass is 314 g/mol. The molecule has 1 amide bonds. The summed E-state index contributed by atoms with van der Waals surface area (Å²) >= 11 is 0. The van der Waals surface area contributed by atoms with Gasteiger partial charge in [0, 0.05) is 17.7 Å². The summed E-state index contributed by atoms with van der Waals surface area (Å²) in [5.74, 6) is 0.774. The molecule has 1 aromatic carbocycles. The van der Waals surface area contributed by atoms with E-state index < -0.39 is 0 Å². The third-order valence-corrected chi connectivity index (χ3v) is 4.14. The van der Waals surface area contributed by atoms with Gasteiger partial charge in [0.15, 0.2) is 11.5 Å². The Morgan fingerprint density at radius 1 is 1.13 bits per heavy atom. The van der Waals surface area contributed by atoms with Crippen LogP contribution in [0.25, 0.3) is 11.3 Å². The first-order valence-corrected chi connectivity index (χ1v) is 8.07. The van der Waals surface area contributed by atoms with Crippen LogP contribution in [0.15, 0.2) is 34.9 Å². The first-order valence-electron chi connectivity index (χ1n) is 8.07. The molecule has 0 aliphatic carbocycles. The smallest absolute Gasteiger partial charge is 0.273 e. The zero-order valence-electron chi connectivity index (χ0n) is 14.8. The molecule has 23 heavy (non-hydrogen) atoms.